The number of carboxylic acids is 1. The van der Waals surface area contributed by atoms with Crippen LogP contribution in [0.2, 0.25) is 0 Å². The standard InChI is InChI=1S/C17H21N3O6/c1-9(16(23)18-8-15(21)22)19-17(24)13-7-11-12(20(13)2)5-10(25-3)6-14(11)26-4/h5-7,9H,8H2,1-4H3,(H,18,23)(H,19,24)(H,21,22)/t9-/m0/s1. The Labute approximate surface area is 149 Å². The number of aliphatic carboxylic acids is 1. The molecule has 2 aromatic rings. The second kappa shape index (κ2) is 7.77. The predicted molar refractivity (Wildman–Crippen MR) is 93.6 cm³/mol. The minimum atomic E-state index is -1.16. The van der Waals surface area contributed by atoms with Crippen molar-refractivity contribution in [1.29, 1.82) is 0 Å². The molecule has 1 aromatic carbocycles. The van der Waals surface area contributed by atoms with Gasteiger partial charge in [-0.3, -0.25) is 14.4 Å². The molecule has 0 bridgehead atoms. The lowest BCUT2D eigenvalue weighted by Gasteiger charge is -2.13. The van der Waals surface area contributed by atoms with Crippen molar-refractivity contribution in [2.45, 2.75) is 13.0 Å². The number of rotatable bonds is 7. The van der Waals surface area contributed by atoms with Gasteiger partial charge < -0.3 is 29.8 Å². The van der Waals surface area contributed by atoms with Gasteiger partial charge in [-0.25, -0.2) is 0 Å². The molecule has 1 heterocycles. The van der Waals surface area contributed by atoms with Gasteiger partial charge in [0.2, 0.25) is 5.91 Å². The summed E-state index contributed by atoms with van der Waals surface area (Å²) in [5.41, 5.74) is 1.05. The van der Waals surface area contributed by atoms with E-state index in [2.05, 4.69) is 10.6 Å². The summed E-state index contributed by atoms with van der Waals surface area (Å²) in [5, 5.41) is 14.1. The fourth-order valence-corrected chi connectivity index (χ4v) is 2.53. The van der Waals surface area contributed by atoms with E-state index in [1.807, 2.05) is 0 Å². The first kappa shape index (κ1) is 19.1. The smallest absolute Gasteiger partial charge is 0.322 e. The summed E-state index contributed by atoms with van der Waals surface area (Å²) in [6.45, 7) is 0.964. The number of aryl methyl sites for hydroxylation is 1. The lowest BCUT2D eigenvalue weighted by molar-refractivity contribution is -0.138. The van der Waals surface area contributed by atoms with E-state index < -0.39 is 30.4 Å². The van der Waals surface area contributed by atoms with Crippen molar-refractivity contribution < 1.29 is 29.0 Å². The van der Waals surface area contributed by atoms with Crippen LogP contribution in [0, 0.1) is 0 Å². The number of amides is 2. The van der Waals surface area contributed by atoms with Crippen molar-refractivity contribution in [3.05, 3.63) is 23.9 Å². The van der Waals surface area contributed by atoms with E-state index in [0.29, 0.717) is 17.2 Å². The number of methoxy groups -OCH3 is 2. The van der Waals surface area contributed by atoms with Crippen molar-refractivity contribution in [3.63, 3.8) is 0 Å². The summed E-state index contributed by atoms with van der Waals surface area (Å²) in [5.74, 6) is -1.07. The zero-order valence-electron chi connectivity index (χ0n) is 15.0. The van der Waals surface area contributed by atoms with Gasteiger partial charge in [-0.1, -0.05) is 0 Å². The minimum absolute atomic E-state index is 0.324. The number of hydrogen-bond acceptors (Lipinski definition) is 5. The second-order valence-electron chi connectivity index (χ2n) is 5.66. The number of carboxylic acid groups (broad SMARTS) is 1. The van der Waals surface area contributed by atoms with E-state index in [1.54, 1.807) is 29.8 Å². The topological polar surface area (TPSA) is 119 Å². The third-order valence-electron chi connectivity index (χ3n) is 3.94. The van der Waals surface area contributed by atoms with Crippen LogP contribution in [0.15, 0.2) is 18.2 Å². The SMILES string of the molecule is COc1cc(OC)c2cc(C(=O)N[C@@H](C)C(=O)NCC(=O)O)n(C)c2c1. The molecule has 1 atom stereocenters. The van der Waals surface area contributed by atoms with E-state index in [4.69, 9.17) is 14.6 Å². The Morgan fingerprint density at radius 2 is 1.88 bits per heavy atom. The Kier molecular flexibility index (Phi) is 5.71. The number of fused-ring (bicyclic) bond motifs is 1. The largest absolute Gasteiger partial charge is 0.497 e. The molecule has 0 aliphatic carbocycles. The summed E-state index contributed by atoms with van der Waals surface area (Å²) in [4.78, 5) is 34.9. The van der Waals surface area contributed by atoms with Gasteiger partial charge >= 0.3 is 5.97 Å². The average molecular weight is 363 g/mol. The number of carbonyl (C=O) groups excluding carboxylic acids is 2. The molecule has 0 saturated carbocycles. The van der Waals surface area contributed by atoms with Crippen LogP contribution >= 0.6 is 0 Å². The summed E-state index contributed by atoms with van der Waals surface area (Å²) < 4.78 is 12.2. The number of aromatic nitrogens is 1. The molecule has 3 N–H and O–H groups in total. The van der Waals surface area contributed by atoms with Crippen molar-refractivity contribution in [2.75, 3.05) is 20.8 Å². The molecule has 1 aromatic heterocycles. The van der Waals surface area contributed by atoms with E-state index in [0.717, 1.165) is 10.9 Å². The zero-order chi connectivity index (χ0) is 19.4. The van der Waals surface area contributed by atoms with Crippen molar-refractivity contribution in [1.82, 2.24) is 15.2 Å². The molecule has 2 amide bonds. The maximum atomic E-state index is 12.5. The number of nitrogens with one attached hydrogen (secondary N) is 2. The van der Waals surface area contributed by atoms with Gasteiger partial charge in [-0.2, -0.15) is 0 Å². The first-order valence-corrected chi connectivity index (χ1v) is 7.80. The van der Waals surface area contributed by atoms with Crippen LogP contribution in [-0.2, 0) is 16.6 Å². The van der Waals surface area contributed by atoms with Gasteiger partial charge in [0.25, 0.3) is 5.91 Å². The predicted octanol–water partition coefficient (Wildman–Crippen LogP) is 0.515. The number of hydrogen-bond donors (Lipinski definition) is 3. The van der Waals surface area contributed by atoms with Crippen molar-refractivity contribution in [3.8, 4) is 11.5 Å². The van der Waals surface area contributed by atoms with Crippen LogP contribution < -0.4 is 20.1 Å². The molecule has 140 valence electrons. The molecule has 0 aliphatic heterocycles. The molecule has 9 heteroatoms. The monoisotopic (exact) mass is 363 g/mol. The first-order valence-electron chi connectivity index (χ1n) is 7.80. The Hall–Kier alpha value is -3.23. The van der Waals surface area contributed by atoms with Crippen LogP contribution in [0.4, 0.5) is 0 Å². The Balaban J connectivity index is 2.26. The van der Waals surface area contributed by atoms with E-state index >= 15 is 0 Å². The van der Waals surface area contributed by atoms with Crippen molar-refractivity contribution in [2.24, 2.45) is 7.05 Å². The summed E-state index contributed by atoms with van der Waals surface area (Å²) >= 11 is 0. The van der Waals surface area contributed by atoms with Crippen LogP contribution in [0.3, 0.4) is 0 Å². The third kappa shape index (κ3) is 3.88. The fraction of sp³-hybridized carbons (Fsp3) is 0.353. The van der Waals surface area contributed by atoms with Gasteiger partial charge in [0, 0.05) is 24.6 Å². The quantitative estimate of drug-likeness (QED) is 0.660. The molecule has 0 spiro atoms. The Morgan fingerprint density at radius 3 is 2.46 bits per heavy atom. The van der Waals surface area contributed by atoms with E-state index in [9.17, 15) is 14.4 Å². The number of nitrogens with zero attached hydrogens (tertiary/aromatic N) is 1. The molecular formula is C17H21N3O6. The Morgan fingerprint density at radius 1 is 1.19 bits per heavy atom. The van der Waals surface area contributed by atoms with Gasteiger partial charge in [0.15, 0.2) is 0 Å². The fourth-order valence-electron chi connectivity index (χ4n) is 2.53. The molecule has 2 rings (SSSR count). The van der Waals surface area contributed by atoms with Gasteiger partial charge in [0.1, 0.15) is 29.8 Å². The lowest BCUT2D eigenvalue weighted by Crippen LogP contribution is -2.46. The van der Waals surface area contributed by atoms with Crippen LogP contribution in [0.5, 0.6) is 11.5 Å². The molecule has 0 fully saturated rings. The second-order valence-corrected chi connectivity index (χ2v) is 5.66. The highest BCUT2D eigenvalue weighted by atomic mass is 16.5. The maximum absolute atomic E-state index is 12.5. The molecule has 0 unspecified atom stereocenters. The molecule has 0 aliphatic rings. The lowest BCUT2D eigenvalue weighted by atomic mass is 10.2. The normalized spacial score (nSPS) is 11.7. The molecular weight excluding hydrogens is 342 g/mol. The van der Waals surface area contributed by atoms with E-state index in [-0.39, 0.29) is 0 Å². The number of carbonyl (C=O) groups is 3. The summed E-state index contributed by atoms with van der Waals surface area (Å²) in [6, 6.07) is 4.25. The summed E-state index contributed by atoms with van der Waals surface area (Å²) in [7, 11) is 4.77. The van der Waals surface area contributed by atoms with E-state index in [1.165, 1.54) is 21.1 Å². The van der Waals surface area contributed by atoms with Gasteiger partial charge in [0.05, 0.1) is 19.7 Å². The molecule has 9 nitrogen and oxygen atoms in total. The first-order chi connectivity index (χ1) is 12.3. The highest BCUT2D eigenvalue weighted by Gasteiger charge is 2.21. The number of benzene rings is 1. The molecule has 26 heavy (non-hydrogen) atoms. The van der Waals surface area contributed by atoms with Gasteiger partial charge in [-0.15, -0.1) is 0 Å². The highest BCUT2D eigenvalue weighted by Crippen LogP contribution is 2.33. The van der Waals surface area contributed by atoms with Crippen LogP contribution in [0.1, 0.15) is 17.4 Å². The minimum Gasteiger partial charge on any atom is -0.497 e. The van der Waals surface area contributed by atoms with Gasteiger partial charge in [-0.05, 0) is 13.0 Å². The molecule has 0 saturated heterocycles. The highest BCUT2D eigenvalue weighted by molar-refractivity contribution is 6.02. The third-order valence-corrected chi connectivity index (χ3v) is 3.94. The van der Waals surface area contributed by atoms with Crippen LogP contribution in [0.25, 0.3) is 10.9 Å². The zero-order valence-corrected chi connectivity index (χ0v) is 15.0. The maximum Gasteiger partial charge on any atom is 0.322 e. The summed E-state index contributed by atoms with van der Waals surface area (Å²) in [6.07, 6.45) is 0. The van der Waals surface area contributed by atoms with Crippen LogP contribution in [-0.4, -0.2) is 54.3 Å². The average Bonchev–Trinajstić information content (AvgIpc) is 2.95. The molecule has 0 radical (unpaired) electrons. The van der Waals surface area contributed by atoms with Crippen molar-refractivity contribution >= 4 is 28.7 Å². The number of ether oxygens (including phenoxy) is 2. The Bertz CT molecular complexity index is 858.